The van der Waals surface area contributed by atoms with Gasteiger partial charge in [-0.05, 0) is 33.1 Å². The van der Waals surface area contributed by atoms with Gasteiger partial charge >= 0.3 is 0 Å². The lowest BCUT2D eigenvalue weighted by atomic mass is 10.0. The minimum Gasteiger partial charge on any atom is -0.345 e. The first-order chi connectivity index (χ1) is 12.7. The van der Waals surface area contributed by atoms with E-state index in [2.05, 4.69) is 26.0 Å². The second-order valence-corrected chi connectivity index (χ2v) is 8.00. The highest BCUT2D eigenvalue weighted by atomic mass is 16.3. The maximum Gasteiger partial charge on any atom is 0.200 e. The first-order valence-electron chi connectivity index (χ1n) is 11.4. The number of likely N-dealkylation sites (N-methyl/N-ethyl adjacent to an activating group) is 1. The quantitative estimate of drug-likeness (QED) is 0.196. The molecule has 0 fully saturated rings. The van der Waals surface area contributed by atoms with Crippen molar-refractivity contribution >= 4 is 5.84 Å². The summed E-state index contributed by atoms with van der Waals surface area (Å²) in [5.41, 5.74) is 0. The van der Waals surface area contributed by atoms with Crippen LogP contribution in [0.4, 0.5) is 0 Å². The maximum absolute atomic E-state index is 10.2. The smallest absolute Gasteiger partial charge is 0.200 e. The number of aliphatic hydroxyl groups is 1. The second kappa shape index (κ2) is 14.4. The summed E-state index contributed by atoms with van der Waals surface area (Å²) in [6.45, 7) is 9.05. The van der Waals surface area contributed by atoms with Crippen molar-refractivity contribution < 1.29 is 9.59 Å². The Labute approximate surface area is 163 Å². The molecule has 1 N–H and O–H groups in total. The Bertz CT molecular complexity index is 403. The van der Waals surface area contributed by atoms with Gasteiger partial charge < -0.3 is 5.11 Å². The molecule has 0 spiro atoms. The summed E-state index contributed by atoms with van der Waals surface area (Å²) in [6.07, 6.45) is 21.6. The molecule has 26 heavy (non-hydrogen) atoms. The molecule has 0 aliphatic carbocycles. The number of rotatable bonds is 16. The van der Waals surface area contributed by atoms with Gasteiger partial charge in [0, 0.05) is 13.3 Å². The number of quaternary nitrogens is 1. The summed E-state index contributed by atoms with van der Waals surface area (Å²) < 4.78 is 0.717. The van der Waals surface area contributed by atoms with E-state index in [9.17, 15) is 5.11 Å². The Morgan fingerprint density at radius 1 is 0.962 bits per heavy atom. The molecule has 3 heteroatoms. The number of unbranched alkanes of at least 4 members (excludes halogenated alkanes) is 11. The lowest BCUT2D eigenvalue weighted by Gasteiger charge is -2.36. The predicted molar refractivity (Wildman–Crippen MR) is 114 cm³/mol. The standard InChI is InChI=1S/C23H45N2O/c1-4-6-7-8-9-10-11-12-13-14-15-16-17-18-19-23-24-20-21-25(23,5-2)22(3)26/h4,6,22,26H,5,7-21H2,1-3H3/q+1/b6-4+. The highest BCUT2D eigenvalue weighted by Crippen LogP contribution is 2.23. The lowest BCUT2D eigenvalue weighted by Crippen LogP contribution is -2.56. The monoisotopic (exact) mass is 365 g/mol. The fourth-order valence-corrected chi connectivity index (χ4v) is 4.24. The molecule has 0 aromatic carbocycles. The van der Waals surface area contributed by atoms with Crippen LogP contribution in [0.2, 0.25) is 0 Å². The Morgan fingerprint density at radius 3 is 2.00 bits per heavy atom. The lowest BCUT2D eigenvalue weighted by molar-refractivity contribution is -0.882. The Balaban J connectivity index is 1.94. The molecule has 152 valence electrons. The van der Waals surface area contributed by atoms with Crippen LogP contribution in [0.15, 0.2) is 17.1 Å². The van der Waals surface area contributed by atoms with Crippen molar-refractivity contribution in [1.82, 2.24) is 0 Å². The average molecular weight is 366 g/mol. The number of allylic oxidation sites excluding steroid dienone is 2. The van der Waals surface area contributed by atoms with Crippen LogP contribution in [-0.2, 0) is 0 Å². The van der Waals surface area contributed by atoms with Gasteiger partial charge in [0.15, 0.2) is 6.23 Å². The fraction of sp³-hybridized carbons (Fsp3) is 0.870. The van der Waals surface area contributed by atoms with E-state index in [0.29, 0.717) is 4.48 Å². The molecule has 0 saturated carbocycles. The SMILES string of the molecule is C/C=C/CCCCCCCCCCCCCC1=NCC[N+]1(CC)C(C)O. The van der Waals surface area contributed by atoms with Crippen molar-refractivity contribution in [2.24, 2.45) is 4.99 Å². The number of aliphatic imine (C=N–C) groups is 1. The van der Waals surface area contributed by atoms with Crippen LogP contribution in [0.25, 0.3) is 0 Å². The van der Waals surface area contributed by atoms with Gasteiger partial charge in [0.05, 0.1) is 13.1 Å². The van der Waals surface area contributed by atoms with Crippen molar-refractivity contribution in [2.75, 3.05) is 19.6 Å². The van der Waals surface area contributed by atoms with Crippen LogP contribution in [0.1, 0.15) is 104 Å². The molecule has 0 saturated heterocycles. The normalized spacial score (nSPS) is 21.5. The molecule has 1 rings (SSSR count). The summed E-state index contributed by atoms with van der Waals surface area (Å²) in [6, 6.07) is 0. The molecule has 0 aromatic heterocycles. The van der Waals surface area contributed by atoms with Gasteiger partial charge in [-0.2, -0.15) is 0 Å². The number of nitrogens with zero attached hydrogens (tertiary/aromatic N) is 2. The highest BCUT2D eigenvalue weighted by Gasteiger charge is 2.40. The van der Waals surface area contributed by atoms with Gasteiger partial charge in [-0.25, -0.2) is 4.99 Å². The van der Waals surface area contributed by atoms with Crippen molar-refractivity contribution in [3.05, 3.63) is 12.2 Å². The van der Waals surface area contributed by atoms with Crippen LogP contribution < -0.4 is 0 Å². The number of amidine groups is 1. The molecule has 0 amide bonds. The summed E-state index contributed by atoms with van der Waals surface area (Å²) in [5.74, 6) is 1.25. The minimum atomic E-state index is -0.315. The molecule has 0 bridgehead atoms. The van der Waals surface area contributed by atoms with Crippen LogP contribution in [0.3, 0.4) is 0 Å². The summed E-state index contributed by atoms with van der Waals surface area (Å²) in [5, 5.41) is 10.2. The zero-order valence-electron chi connectivity index (χ0n) is 17.9. The van der Waals surface area contributed by atoms with Crippen molar-refractivity contribution in [3.8, 4) is 0 Å². The van der Waals surface area contributed by atoms with Gasteiger partial charge in [0.2, 0.25) is 5.84 Å². The first kappa shape index (κ1) is 23.4. The molecule has 1 aliphatic heterocycles. The Morgan fingerprint density at radius 2 is 1.50 bits per heavy atom. The number of hydrogen-bond acceptors (Lipinski definition) is 2. The minimum absolute atomic E-state index is 0.315. The number of aliphatic hydroxyl groups excluding tert-OH is 1. The molecule has 0 aromatic rings. The molecule has 3 nitrogen and oxygen atoms in total. The molecular weight excluding hydrogens is 320 g/mol. The Hall–Kier alpha value is -0.670. The molecule has 1 aliphatic rings. The maximum atomic E-state index is 10.2. The molecule has 2 unspecified atom stereocenters. The van der Waals surface area contributed by atoms with Crippen LogP contribution in [0, 0.1) is 0 Å². The third kappa shape index (κ3) is 8.35. The van der Waals surface area contributed by atoms with E-state index < -0.39 is 0 Å². The largest absolute Gasteiger partial charge is 0.345 e. The third-order valence-corrected chi connectivity index (χ3v) is 6.09. The van der Waals surface area contributed by atoms with Crippen molar-refractivity contribution in [1.29, 1.82) is 0 Å². The summed E-state index contributed by atoms with van der Waals surface area (Å²) >= 11 is 0. The van der Waals surface area contributed by atoms with Gasteiger partial charge in [0.1, 0.15) is 6.54 Å². The van der Waals surface area contributed by atoms with E-state index in [0.717, 1.165) is 26.1 Å². The van der Waals surface area contributed by atoms with E-state index >= 15 is 0 Å². The summed E-state index contributed by atoms with van der Waals surface area (Å²) in [7, 11) is 0. The zero-order chi connectivity index (χ0) is 19.1. The van der Waals surface area contributed by atoms with Crippen molar-refractivity contribution in [3.63, 3.8) is 0 Å². The first-order valence-corrected chi connectivity index (χ1v) is 11.4. The second-order valence-electron chi connectivity index (χ2n) is 8.00. The van der Waals surface area contributed by atoms with E-state index in [1.165, 1.54) is 82.9 Å². The highest BCUT2D eigenvalue weighted by molar-refractivity contribution is 5.76. The molecule has 1 heterocycles. The fourth-order valence-electron chi connectivity index (χ4n) is 4.24. The van der Waals surface area contributed by atoms with Crippen LogP contribution >= 0.6 is 0 Å². The molecular formula is C23H45N2O+. The summed E-state index contributed by atoms with van der Waals surface area (Å²) in [4.78, 5) is 4.71. The van der Waals surface area contributed by atoms with Crippen molar-refractivity contribution in [2.45, 2.75) is 110 Å². The van der Waals surface area contributed by atoms with E-state index in [1.807, 2.05) is 6.92 Å². The van der Waals surface area contributed by atoms with Gasteiger partial charge in [-0.3, -0.25) is 4.48 Å². The van der Waals surface area contributed by atoms with Crippen LogP contribution in [-0.4, -0.2) is 41.3 Å². The topological polar surface area (TPSA) is 32.6 Å². The molecule has 0 radical (unpaired) electrons. The van der Waals surface area contributed by atoms with E-state index in [-0.39, 0.29) is 6.23 Å². The van der Waals surface area contributed by atoms with E-state index in [4.69, 9.17) is 4.99 Å². The van der Waals surface area contributed by atoms with Gasteiger partial charge in [-0.1, -0.05) is 69.9 Å². The Kier molecular flexibility index (Phi) is 12.9. The zero-order valence-corrected chi connectivity index (χ0v) is 17.9. The van der Waals surface area contributed by atoms with Gasteiger partial charge in [-0.15, -0.1) is 0 Å². The predicted octanol–water partition coefficient (Wildman–Crippen LogP) is 6.22. The van der Waals surface area contributed by atoms with E-state index in [1.54, 1.807) is 0 Å². The van der Waals surface area contributed by atoms with Crippen LogP contribution in [0.5, 0.6) is 0 Å². The number of hydrogen-bond donors (Lipinski definition) is 1. The molecule has 2 atom stereocenters. The average Bonchev–Trinajstić information content (AvgIpc) is 3.06. The van der Waals surface area contributed by atoms with Gasteiger partial charge in [0.25, 0.3) is 0 Å². The third-order valence-electron chi connectivity index (χ3n) is 6.09.